The van der Waals surface area contributed by atoms with Crippen LogP contribution in [0.5, 0.6) is 0 Å². The summed E-state index contributed by atoms with van der Waals surface area (Å²) in [5, 5.41) is 2.20. The molecule has 3 heterocycles. The molecule has 0 aromatic heterocycles. The topological polar surface area (TPSA) is 113 Å². The van der Waals surface area contributed by atoms with Gasteiger partial charge in [-0.15, -0.1) is 0 Å². The first kappa shape index (κ1) is 17.8. The molecule has 2 unspecified atom stereocenters. The molecule has 2 fully saturated rings. The normalized spacial score (nSPS) is 25.9. The summed E-state index contributed by atoms with van der Waals surface area (Å²) in [6, 6.07) is 4.66. The maximum Gasteiger partial charge on any atom is 0.262 e. The minimum absolute atomic E-state index is 0.116. The molecule has 3 aliphatic heterocycles. The van der Waals surface area contributed by atoms with Crippen LogP contribution in [-0.4, -0.2) is 58.6 Å². The van der Waals surface area contributed by atoms with Crippen molar-refractivity contribution in [3.63, 3.8) is 0 Å². The van der Waals surface area contributed by atoms with Gasteiger partial charge in [0.25, 0.3) is 11.8 Å². The lowest BCUT2D eigenvalue weighted by Gasteiger charge is -2.27. The molecule has 2 saturated heterocycles. The number of fused-ring (bicyclic) bond motifs is 1. The highest BCUT2D eigenvalue weighted by Crippen LogP contribution is 2.29. The zero-order valence-electron chi connectivity index (χ0n) is 14.9. The van der Waals surface area contributed by atoms with Crippen LogP contribution in [0.4, 0.5) is 0 Å². The fraction of sp³-hybridized carbons (Fsp3) is 0.474. The number of imide groups is 2. The maximum absolute atomic E-state index is 12.8. The van der Waals surface area contributed by atoms with E-state index in [0.717, 1.165) is 29.8 Å². The zero-order valence-corrected chi connectivity index (χ0v) is 14.9. The molecule has 3 aliphatic rings. The Morgan fingerprint density at radius 3 is 2.59 bits per heavy atom. The second kappa shape index (κ2) is 6.86. The quantitative estimate of drug-likeness (QED) is 0.722. The van der Waals surface area contributed by atoms with Gasteiger partial charge in [-0.1, -0.05) is 6.07 Å². The monoisotopic (exact) mass is 370 g/mol. The van der Waals surface area contributed by atoms with Crippen molar-refractivity contribution in [2.24, 2.45) is 5.73 Å². The minimum Gasteiger partial charge on any atom is -0.329 e. The Labute approximate surface area is 156 Å². The molecule has 8 heteroatoms. The SMILES string of the molecule is NCC1CCCN1Cc1ccc2c(c1)C(=O)N(C1CCC(=O)NC1=O)C2=O. The lowest BCUT2D eigenvalue weighted by Crippen LogP contribution is -2.54. The first-order chi connectivity index (χ1) is 13.0. The number of likely N-dealkylation sites (tertiary alicyclic amines) is 1. The maximum atomic E-state index is 12.8. The molecule has 27 heavy (non-hydrogen) atoms. The highest BCUT2D eigenvalue weighted by molar-refractivity contribution is 6.23. The van der Waals surface area contributed by atoms with Crippen LogP contribution in [0, 0.1) is 0 Å². The lowest BCUT2D eigenvalue weighted by molar-refractivity contribution is -0.136. The van der Waals surface area contributed by atoms with Gasteiger partial charge in [-0.05, 0) is 43.5 Å². The Morgan fingerprint density at radius 2 is 1.85 bits per heavy atom. The van der Waals surface area contributed by atoms with Crippen molar-refractivity contribution in [3.8, 4) is 0 Å². The number of piperidine rings is 1. The Morgan fingerprint density at radius 1 is 1.07 bits per heavy atom. The van der Waals surface area contributed by atoms with Gasteiger partial charge in [0.15, 0.2) is 0 Å². The number of nitrogens with one attached hydrogen (secondary N) is 1. The van der Waals surface area contributed by atoms with Crippen LogP contribution in [0.2, 0.25) is 0 Å². The largest absolute Gasteiger partial charge is 0.329 e. The summed E-state index contributed by atoms with van der Waals surface area (Å²) in [6.07, 6.45) is 2.45. The Kier molecular flexibility index (Phi) is 4.53. The van der Waals surface area contributed by atoms with E-state index in [0.29, 0.717) is 30.3 Å². The van der Waals surface area contributed by atoms with E-state index in [4.69, 9.17) is 5.73 Å². The highest BCUT2D eigenvalue weighted by atomic mass is 16.2. The van der Waals surface area contributed by atoms with Crippen molar-refractivity contribution >= 4 is 23.6 Å². The summed E-state index contributed by atoms with van der Waals surface area (Å²) in [5.74, 6) is -1.92. The van der Waals surface area contributed by atoms with Crippen LogP contribution in [0.15, 0.2) is 18.2 Å². The molecule has 0 saturated carbocycles. The predicted octanol–water partition coefficient (Wildman–Crippen LogP) is 0.0109. The number of benzene rings is 1. The summed E-state index contributed by atoms with van der Waals surface area (Å²) < 4.78 is 0. The number of carbonyl (C=O) groups is 4. The predicted molar refractivity (Wildman–Crippen MR) is 95.6 cm³/mol. The molecule has 0 spiro atoms. The van der Waals surface area contributed by atoms with E-state index < -0.39 is 23.8 Å². The first-order valence-electron chi connectivity index (χ1n) is 9.28. The smallest absolute Gasteiger partial charge is 0.262 e. The number of carbonyl (C=O) groups excluding carboxylic acids is 4. The molecule has 1 aromatic carbocycles. The highest BCUT2D eigenvalue weighted by Gasteiger charge is 2.44. The van der Waals surface area contributed by atoms with E-state index in [1.165, 1.54) is 0 Å². The van der Waals surface area contributed by atoms with Crippen LogP contribution in [-0.2, 0) is 16.1 Å². The number of hydrogen-bond donors (Lipinski definition) is 2. The zero-order chi connectivity index (χ0) is 19.1. The third-order valence-corrected chi connectivity index (χ3v) is 5.66. The van der Waals surface area contributed by atoms with Gasteiger partial charge in [0.05, 0.1) is 11.1 Å². The average Bonchev–Trinajstić information content (AvgIpc) is 3.19. The van der Waals surface area contributed by atoms with E-state index in [2.05, 4.69) is 10.2 Å². The van der Waals surface area contributed by atoms with Crippen molar-refractivity contribution < 1.29 is 19.2 Å². The second-order valence-electron chi connectivity index (χ2n) is 7.33. The molecule has 2 atom stereocenters. The van der Waals surface area contributed by atoms with Crippen LogP contribution in [0.25, 0.3) is 0 Å². The van der Waals surface area contributed by atoms with Crippen LogP contribution >= 0.6 is 0 Å². The van der Waals surface area contributed by atoms with Crippen LogP contribution in [0.1, 0.15) is 52.0 Å². The number of nitrogens with two attached hydrogens (primary N) is 1. The van der Waals surface area contributed by atoms with Crippen molar-refractivity contribution in [1.29, 1.82) is 0 Å². The summed E-state index contributed by atoms with van der Waals surface area (Å²) in [4.78, 5) is 52.3. The van der Waals surface area contributed by atoms with Gasteiger partial charge in [0.2, 0.25) is 11.8 Å². The molecule has 4 amide bonds. The number of hydrogen-bond acceptors (Lipinski definition) is 6. The van der Waals surface area contributed by atoms with Gasteiger partial charge in [0.1, 0.15) is 6.04 Å². The average molecular weight is 370 g/mol. The van der Waals surface area contributed by atoms with Crippen molar-refractivity contribution in [2.75, 3.05) is 13.1 Å². The fourth-order valence-corrected chi connectivity index (χ4v) is 4.22. The summed E-state index contributed by atoms with van der Waals surface area (Å²) >= 11 is 0. The van der Waals surface area contributed by atoms with Gasteiger partial charge in [-0.3, -0.25) is 34.3 Å². The number of nitrogens with zero attached hydrogens (tertiary/aromatic N) is 2. The fourth-order valence-electron chi connectivity index (χ4n) is 4.22. The van der Waals surface area contributed by atoms with E-state index in [1.54, 1.807) is 12.1 Å². The molecular formula is C19H22N4O4. The summed E-state index contributed by atoms with van der Waals surface area (Å²) in [7, 11) is 0. The lowest BCUT2D eigenvalue weighted by atomic mass is 10.0. The van der Waals surface area contributed by atoms with E-state index >= 15 is 0 Å². The summed E-state index contributed by atoms with van der Waals surface area (Å²) in [6.45, 7) is 2.24. The Bertz CT molecular complexity index is 837. The standard InChI is InChI=1S/C19H22N4O4/c20-9-12-2-1-7-22(12)10-11-3-4-13-14(8-11)19(27)23(18(13)26)15-5-6-16(24)21-17(15)25/h3-4,8,12,15H,1-2,5-7,9-10,20H2,(H,21,24,25). The van der Waals surface area contributed by atoms with E-state index in [-0.39, 0.29) is 18.7 Å². The van der Waals surface area contributed by atoms with Gasteiger partial charge >= 0.3 is 0 Å². The molecule has 0 aliphatic carbocycles. The second-order valence-corrected chi connectivity index (χ2v) is 7.33. The minimum atomic E-state index is -0.932. The van der Waals surface area contributed by atoms with Crippen LogP contribution < -0.4 is 11.1 Å². The van der Waals surface area contributed by atoms with E-state index in [1.807, 2.05) is 6.07 Å². The summed E-state index contributed by atoms with van der Waals surface area (Å²) in [5.41, 5.74) is 7.40. The third kappa shape index (κ3) is 3.04. The van der Waals surface area contributed by atoms with Gasteiger partial charge in [0, 0.05) is 25.6 Å². The van der Waals surface area contributed by atoms with Gasteiger partial charge in [-0.2, -0.15) is 0 Å². The Balaban J connectivity index is 1.56. The van der Waals surface area contributed by atoms with Crippen LogP contribution in [0.3, 0.4) is 0 Å². The molecular weight excluding hydrogens is 348 g/mol. The Hall–Kier alpha value is -2.58. The molecule has 1 aromatic rings. The van der Waals surface area contributed by atoms with Gasteiger partial charge < -0.3 is 5.73 Å². The molecule has 3 N–H and O–H groups in total. The van der Waals surface area contributed by atoms with Crippen molar-refractivity contribution in [3.05, 3.63) is 34.9 Å². The van der Waals surface area contributed by atoms with Gasteiger partial charge in [-0.25, -0.2) is 0 Å². The molecule has 0 radical (unpaired) electrons. The third-order valence-electron chi connectivity index (χ3n) is 5.66. The molecule has 8 nitrogen and oxygen atoms in total. The van der Waals surface area contributed by atoms with Crippen molar-refractivity contribution in [2.45, 2.75) is 44.3 Å². The first-order valence-corrected chi connectivity index (χ1v) is 9.28. The molecule has 142 valence electrons. The molecule has 4 rings (SSSR count). The van der Waals surface area contributed by atoms with Crippen molar-refractivity contribution in [1.82, 2.24) is 15.1 Å². The molecule has 0 bridgehead atoms. The van der Waals surface area contributed by atoms with E-state index in [9.17, 15) is 19.2 Å². The number of rotatable bonds is 4. The number of amides is 4.